The second-order valence-corrected chi connectivity index (χ2v) is 9.27. The Bertz CT molecular complexity index is 1430. The Kier molecular flexibility index (Phi) is 8.91. The van der Waals surface area contributed by atoms with Gasteiger partial charge in [0.05, 0.1) is 13.2 Å². The topological polar surface area (TPSA) is 130 Å². The highest BCUT2D eigenvalue weighted by Crippen LogP contribution is 2.47. The normalized spacial score (nSPS) is 13.6. The average Bonchev–Trinajstić information content (AvgIpc) is 3.29. The highest BCUT2D eigenvalue weighted by Gasteiger charge is 2.43. The number of aliphatic hydroxyl groups excluding tert-OH is 1. The fourth-order valence-corrected chi connectivity index (χ4v) is 3.91. The molecule has 2 unspecified atom stereocenters. The number of methoxy groups -OCH3 is 1. The number of H-pyrrole nitrogens is 1. The van der Waals surface area contributed by atoms with Crippen molar-refractivity contribution in [3.05, 3.63) is 53.2 Å². The number of rotatable bonds is 7. The van der Waals surface area contributed by atoms with Gasteiger partial charge in [-0.25, -0.2) is 4.79 Å². The average molecular weight is 589 g/mol. The quantitative estimate of drug-likeness (QED) is 0.173. The van der Waals surface area contributed by atoms with E-state index in [1.54, 1.807) is 16.8 Å². The van der Waals surface area contributed by atoms with Gasteiger partial charge in [-0.3, -0.25) is 9.59 Å². The molecule has 1 heterocycles. The summed E-state index contributed by atoms with van der Waals surface area (Å²) in [5.41, 5.74) is -3.43. The number of hydrogen-bond acceptors (Lipinski definition) is 6. The van der Waals surface area contributed by atoms with E-state index in [0.717, 1.165) is 19.6 Å². The van der Waals surface area contributed by atoms with Crippen LogP contribution in [0.5, 0.6) is 11.5 Å². The van der Waals surface area contributed by atoms with Gasteiger partial charge in [0.15, 0.2) is 11.8 Å². The Morgan fingerprint density at radius 1 is 0.927 bits per heavy atom. The fourth-order valence-electron chi connectivity index (χ4n) is 3.91. The molecular weight excluding hydrogens is 564 g/mol. The molecule has 0 saturated heterocycles. The zero-order valence-electron chi connectivity index (χ0n) is 22.0. The molecule has 2 amide bonds. The molecule has 0 saturated carbocycles. The second-order valence-electron chi connectivity index (χ2n) is 9.27. The van der Waals surface area contributed by atoms with Crippen molar-refractivity contribution >= 4 is 34.4 Å². The lowest BCUT2D eigenvalue weighted by molar-refractivity contribution is -0.149. The molecule has 9 nitrogen and oxygen atoms in total. The second kappa shape index (κ2) is 11.7. The molecule has 4 N–H and O–H groups in total. The Hall–Kier alpha value is -4.27. The monoisotopic (exact) mass is 589 g/mol. The lowest BCUT2D eigenvalue weighted by Gasteiger charge is -2.21. The number of carbonyl (C=O) groups excluding carboxylic acids is 3. The van der Waals surface area contributed by atoms with Gasteiger partial charge < -0.3 is 30.2 Å². The third-order valence-corrected chi connectivity index (χ3v) is 5.92. The van der Waals surface area contributed by atoms with Crippen LogP contribution in [0.15, 0.2) is 36.5 Å². The molecule has 0 aliphatic carbocycles. The van der Waals surface area contributed by atoms with Crippen LogP contribution in [0.4, 0.5) is 32.0 Å². The minimum Gasteiger partial charge on any atom is -0.467 e. The number of hydrogen-bond donors (Lipinski definition) is 4. The van der Waals surface area contributed by atoms with Gasteiger partial charge in [-0.2, -0.15) is 26.3 Å². The largest absolute Gasteiger partial charge is 0.467 e. The number of aromatic amines is 1. The maximum atomic E-state index is 14.0. The number of benzene rings is 2. The van der Waals surface area contributed by atoms with E-state index in [4.69, 9.17) is 4.74 Å². The lowest BCUT2D eigenvalue weighted by Crippen LogP contribution is -2.51. The van der Waals surface area contributed by atoms with Crippen molar-refractivity contribution in [2.45, 2.75) is 51.2 Å². The zero-order valence-corrected chi connectivity index (χ0v) is 22.0. The van der Waals surface area contributed by atoms with Gasteiger partial charge in [-0.1, -0.05) is 13.8 Å². The molecule has 0 spiro atoms. The van der Waals surface area contributed by atoms with Crippen LogP contribution in [0.3, 0.4) is 0 Å². The highest BCUT2D eigenvalue weighted by atomic mass is 19.4. The smallest absolute Gasteiger partial charge is 0.420 e. The summed E-state index contributed by atoms with van der Waals surface area (Å²) in [6.07, 6.45) is -10.7. The van der Waals surface area contributed by atoms with E-state index < -0.39 is 64.8 Å². The van der Waals surface area contributed by atoms with Crippen LogP contribution in [-0.2, 0) is 31.5 Å². The van der Waals surface area contributed by atoms with Gasteiger partial charge in [-0.05, 0) is 48.7 Å². The number of carbonyl (C=O) groups is 3. The van der Waals surface area contributed by atoms with Crippen molar-refractivity contribution in [1.82, 2.24) is 10.3 Å². The zero-order chi connectivity index (χ0) is 30.9. The standard InChI is InChI=1S/C26H25F6N3O6/c1-11(2)16-10-33-19-6-5-14(9-15(16)19)41-21-17(25(27,28)29)7-13(8-18(21)26(30,31)32)34-22(37)23(38)35-20(12(3)36)24(39)40-4/h5-12,20,33,36H,1-4H3,(H,34,37)(H,35,38). The third-order valence-electron chi connectivity index (χ3n) is 5.92. The van der Waals surface area contributed by atoms with Gasteiger partial charge in [0.1, 0.15) is 16.9 Å². The molecule has 0 bridgehead atoms. The Labute approximate surface area is 228 Å². The van der Waals surface area contributed by atoms with E-state index in [9.17, 15) is 45.8 Å². The maximum absolute atomic E-state index is 14.0. The summed E-state index contributed by atoms with van der Waals surface area (Å²) >= 11 is 0. The fraction of sp³-hybridized carbons (Fsp3) is 0.346. The van der Waals surface area contributed by atoms with E-state index >= 15 is 0 Å². The number of halogens is 6. The number of alkyl halides is 6. The third kappa shape index (κ3) is 7.09. The van der Waals surface area contributed by atoms with Crippen LogP contribution >= 0.6 is 0 Å². The van der Waals surface area contributed by atoms with Crippen molar-refractivity contribution in [3.8, 4) is 11.5 Å². The molecule has 2 aromatic carbocycles. The number of esters is 1. The van der Waals surface area contributed by atoms with E-state index in [1.165, 1.54) is 18.2 Å². The van der Waals surface area contributed by atoms with E-state index in [1.807, 2.05) is 13.8 Å². The molecule has 0 radical (unpaired) electrons. The maximum Gasteiger partial charge on any atom is 0.420 e. The Morgan fingerprint density at radius 2 is 1.51 bits per heavy atom. The molecule has 0 fully saturated rings. The van der Waals surface area contributed by atoms with Crippen LogP contribution in [0.2, 0.25) is 0 Å². The summed E-state index contributed by atoms with van der Waals surface area (Å²) in [5, 5.41) is 13.6. The van der Waals surface area contributed by atoms with E-state index in [0.29, 0.717) is 10.9 Å². The molecular formula is C26H25F6N3O6. The summed E-state index contributed by atoms with van der Waals surface area (Å²) in [4.78, 5) is 39.2. The van der Waals surface area contributed by atoms with Gasteiger partial charge in [0, 0.05) is 22.8 Å². The molecule has 0 aliphatic rings. The van der Waals surface area contributed by atoms with Gasteiger partial charge >= 0.3 is 30.1 Å². The van der Waals surface area contributed by atoms with E-state index in [2.05, 4.69) is 9.72 Å². The van der Waals surface area contributed by atoms with Gasteiger partial charge in [-0.15, -0.1) is 0 Å². The van der Waals surface area contributed by atoms with Crippen LogP contribution in [0.1, 0.15) is 43.4 Å². The lowest BCUT2D eigenvalue weighted by atomic mass is 10.0. The molecule has 15 heteroatoms. The predicted octanol–water partition coefficient (Wildman–Crippen LogP) is 5.10. The summed E-state index contributed by atoms with van der Waals surface area (Å²) in [7, 11) is 0.921. The van der Waals surface area contributed by atoms with Crippen molar-refractivity contribution in [2.75, 3.05) is 12.4 Å². The highest BCUT2D eigenvalue weighted by molar-refractivity contribution is 6.40. The number of aromatic nitrogens is 1. The number of fused-ring (bicyclic) bond motifs is 1. The minimum atomic E-state index is -5.39. The minimum absolute atomic E-state index is 0.0148. The molecule has 2 atom stereocenters. The van der Waals surface area contributed by atoms with Crippen molar-refractivity contribution < 1.29 is 55.3 Å². The van der Waals surface area contributed by atoms with E-state index in [-0.39, 0.29) is 23.8 Å². The number of aliphatic hydroxyl groups is 1. The first-order valence-electron chi connectivity index (χ1n) is 11.9. The number of anilines is 1. The van der Waals surface area contributed by atoms with Crippen molar-refractivity contribution in [3.63, 3.8) is 0 Å². The van der Waals surface area contributed by atoms with Gasteiger partial charge in [0.25, 0.3) is 0 Å². The van der Waals surface area contributed by atoms with Crippen molar-refractivity contribution in [2.24, 2.45) is 0 Å². The molecule has 222 valence electrons. The van der Waals surface area contributed by atoms with Crippen molar-refractivity contribution in [1.29, 1.82) is 0 Å². The Balaban J connectivity index is 2.04. The summed E-state index contributed by atoms with van der Waals surface area (Å²) in [6.45, 7) is 4.78. The predicted molar refractivity (Wildman–Crippen MR) is 133 cm³/mol. The summed E-state index contributed by atoms with van der Waals surface area (Å²) in [5.74, 6) is -6.39. The number of ether oxygens (including phenoxy) is 2. The molecule has 1 aromatic heterocycles. The summed E-state index contributed by atoms with van der Waals surface area (Å²) < 4.78 is 93.8. The van der Waals surface area contributed by atoms with Gasteiger partial charge in [0.2, 0.25) is 0 Å². The SMILES string of the molecule is COC(=O)C(NC(=O)C(=O)Nc1cc(C(F)(F)F)c(Oc2ccc3[nH]cc(C(C)C)c3c2)c(C(F)(F)F)c1)C(C)O. The molecule has 3 rings (SSSR count). The number of nitrogens with one attached hydrogen (secondary N) is 3. The van der Waals surface area contributed by atoms with Crippen LogP contribution < -0.4 is 15.4 Å². The molecule has 0 aliphatic heterocycles. The van der Waals surface area contributed by atoms with Crippen LogP contribution in [-0.4, -0.2) is 47.1 Å². The van der Waals surface area contributed by atoms with Crippen LogP contribution in [0, 0.1) is 0 Å². The first-order chi connectivity index (χ1) is 18.9. The molecule has 41 heavy (non-hydrogen) atoms. The molecule has 3 aromatic rings. The first-order valence-corrected chi connectivity index (χ1v) is 11.9. The summed E-state index contributed by atoms with van der Waals surface area (Å²) in [6, 6.07) is 2.57. The first kappa shape index (κ1) is 31.3. The Morgan fingerprint density at radius 3 is 2.00 bits per heavy atom. The number of amides is 2. The van der Waals surface area contributed by atoms with Crippen LogP contribution in [0.25, 0.3) is 10.9 Å².